The van der Waals surface area contributed by atoms with Gasteiger partial charge in [-0.1, -0.05) is 30.3 Å². The van der Waals surface area contributed by atoms with Crippen molar-refractivity contribution >= 4 is 33.0 Å². The molecule has 0 aliphatic heterocycles. The van der Waals surface area contributed by atoms with Crippen LogP contribution in [0.25, 0.3) is 22.1 Å². The fraction of sp³-hybridized carbons (Fsp3) is 0.111. The average Bonchev–Trinajstić information content (AvgIpc) is 2.95. The number of hydrogen-bond acceptors (Lipinski definition) is 5. The summed E-state index contributed by atoms with van der Waals surface area (Å²) in [5, 5.41) is 0.936. The zero-order valence-electron chi connectivity index (χ0n) is 14.6. The summed E-state index contributed by atoms with van der Waals surface area (Å²) in [4.78, 5) is 15.9. The van der Waals surface area contributed by atoms with Gasteiger partial charge in [-0.05, 0) is 30.7 Å². The summed E-state index contributed by atoms with van der Waals surface area (Å²) < 4.78 is 31.9. The predicted octanol–water partition coefficient (Wildman–Crippen LogP) is 2.34. The van der Waals surface area contributed by atoms with E-state index in [4.69, 9.17) is 10.2 Å². The van der Waals surface area contributed by atoms with Crippen molar-refractivity contribution in [2.45, 2.75) is 6.92 Å². The lowest BCUT2D eigenvalue weighted by molar-refractivity contribution is 0.100. The molecule has 27 heavy (non-hydrogen) atoms. The van der Waals surface area contributed by atoms with E-state index in [9.17, 15) is 13.2 Å². The predicted molar refractivity (Wildman–Crippen MR) is 101 cm³/mol. The third-order valence-electron chi connectivity index (χ3n) is 3.69. The van der Waals surface area contributed by atoms with Gasteiger partial charge in [0.1, 0.15) is 11.3 Å². The topological polar surface area (TPSA) is 124 Å². The second kappa shape index (κ2) is 7.22. The molecule has 0 aliphatic carbocycles. The number of hydroxylamine groups is 1. The molecule has 0 radical (unpaired) electrons. The van der Waals surface area contributed by atoms with Gasteiger partial charge in [-0.2, -0.15) is 13.4 Å². The maximum absolute atomic E-state index is 12.3. The first-order valence-electron chi connectivity index (χ1n) is 7.86. The smallest absolute Gasteiger partial charge is 0.285 e. The van der Waals surface area contributed by atoms with Crippen LogP contribution in [0.2, 0.25) is 0 Å². The molecule has 1 amide bonds. The number of amides is 1. The summed E-state index contributed by atoms with van der Waals surface area (Å²) in [7, 11) is -3.78. The number of aryl methyl sites for hydroxylation is 1. The average molecular weight is 387 g/mol. The first-order chi connectivity index (χ1) is 12.7. The SMILES string of the molecule is Cc1oc2ccccc2c1-c1cccc(C(=O)N=C(N)NOS(C)(=O)=O)c1. The highest BCUT2D eigenvalue weighted by molar-refractivity contribution is 7.85. The number of para-hydroxylation sites is 1. The van der Waals surface area contributed by atoms with E-state index in [2.05, 4.69) is 9.28 Å². The highest BCUT2D eigenvalue weighted by Gasteiger charge is 2.14. The Morgan fingerprint density at radius 2 is 1.93 bits per heavy atom. The molecule has 0 atom stereocenters. The summed E-state index contributed by atoms with van der Waals surface area (Å²) in [6.45, 7) is 1.85. The molecule has 0 aliphatic rings. The number of furan rings is 1. The van der Waals surface area contributed by atoms with Gasteiger partial charge in [0, 0.05) is 16.5 Å². The first-order valence-corrected chi connectivity index (χ1v) is 9.68. The lowest BCUT2D eigenvalue weighted by atomic mass is 10.00. The summed E-state index contributed by atoms with van der Waals surface area (Å²) in [5.74, 6) is -0.391. The number of rotatable bonds is 4. The van der Waals surface area contributed by atoms with Gasteiger partial charge in [-0.15, -0.1) is 4.28 Å². The number of nitrogens with one attached hydrogen (secondary N) is 1. The van der Waals surface area contributed by atoms with Crippen LogP contribution in [-0.4, -0.2) is 26.5 Å². The van der Waals surface area contributed by atoms with E-state index < -0.39 is 22.0 Å². The van der Waals surface area contributed by atoms with Crippen LogP contribution in [-0.2, 0) is 14.4 Å². The van der Waals surface area contributed by atoms with Crippen molar-refractivity contribution in [2.75, 3.05) is 6.26 Å². The Kier molecular flexibility index (Phi) is 4.98. The van der Waals surface area contributed by atoms with Gasteiger partial charge in [0.2, 0.25) is 5.96 Å². The fourth-order valence-corrected chi connectivity index (χ4v) is 2.89. The Labute approximate surface area is 155 Å². The molecule has 0 fully saturated rings. The third-order valence-corrected chi connectivity index (χ3v) is 4.08. The zero-order valence-corrected chi connectivity index (χ0v) is 15.4. The number of nitrogens with two attached hydrogens (primary N) is 1. The van der Waals surface area contributed by atoms with Crippen LogP contribution in [0.4, 0.5) is 0 Å². The molecular formula is C18H17N3O5S. The lowest BCUT2D eigenvalue weighted by Gasteiger charge is -2.05. The molecule has 140 valence electrons. The van der Waals surface area contributed by atoms with Gasteiger partial charge in [0.05, 0.1) is 6.26 Å². The Bertz CT molecular complexity index is 1150. The standard InChI is InChI=1S/C18H17N3O5S/c1-11-16(14-8-3-4-9-15(14)25-11)12-6-5-7-13(10-12)17(22)20-18(19)21-26-27(2,23)24/h3-10H,1-2H3,(H3,19,20,21,22). The molecule has 8 nitrogen and oxygen atoms in total. The van der Waals surface area contributed by atoms with Crippen LogP contribution >= 0.6 is 0 Å². The normalized spacial score (nSPS) is 12.3. The molecule has 0 bridgehead atoms. The van der Waals surface area contributed by atoms with Gasteiger partial charge in [-0.25, -0.2) is 5.48 Å². The number of hydrogen-bond donors (Lipinski definition) is 2. The van der Waals surface area contributed by atoms with Gasteiger partial charge >= 0.3 is 0 Å². The number of aliphatic imine (C=N–C) groups is 1. The minimum absolute atomic E-state index is 0.279. The van der Waals surface area contributed by atoms with Crippen LogP contribution in [0.3, 0.4) is 0 Å². The lowest BCUT2D eigenvalue weighted by Crippen LogP contribution is -2.34. The van der Waals surface area contributed by atoms with Gasteiger partial charge in [0.25, 0.3) is 16.0 Å². The van der Waals surface area contributed by atoms with E-state index in [-0.39, 0.29) is 5.56 Å². The fourth-order valence-electron chi connectivity index (χ4n) is 2.65. The minimum atomic E-state index is -3.78. The van der Waals surface area contributed by atoms with E-state index >= 15 is 0 Å². The van der Waals surface area contributed by atoms with Crippen LogP contribution < -0.4 is 11.2 Å². The van der Waals surface area contributed by atoms with Crippen LogP contribution in [0, 0.1) is 6.92 Å². The maximum Gasteiger partial charge on any atom is 0.285 e. The first kappa shape index (κ1) is 18.6. The second-order valence-corrected chi connectivity index (χ2v) is 7.38. The minimum Gasteiger partial charge on any atom is -0.461 e. The van der Waals surface area contributed by atoms with E-state index in [0.717, 1.165) is 34.1 Å². The number of benzene rings is 2. The molecular weight excluding hydrogens is 370 g/mol. The van der Waals surface area contributed by atoms with Crippen molar-refractivity contribution in [2.24, 2.45) is 10.7 Å². The van der Waals surface area contributed by atoms with Gasteiger partial charge in [0.15, 0.2) is 0 Å². The van der Waals surface area contributed by atoms with Crippen molar-refractivity contribution in [1.29, 1.82) is 0 Å². The van der Waals surface area contributed by atoms with Crippen LogP contribution in [0.1, 0.15) is 16.1 Å². The summed E-state index contributed by atoms with van der Waals surface area (Å²) in [5.41, 5.74) is 10.1. The zero-order chi connectivity index (χ0) is 19.6. The largest absolute Gasteiger partial charge is 0.461 e. The molecule has 0 saturated heterocycles. The van der Waals surface area contributed by atoms with Crippen molar-refractivity contribution < 1.29 is 21.9 Å². The number of nitrogens with zero attached hydrogens (tertiary/aromatic N) is 1. The Hall–Kier alpha value is -3.17. The molecule has 1 aromatic heterocycles. The van der Waals surface area contributed by atoms with Crippen molar-refractivity contribution in [1.82, 2.24) is 5.48 Å². The quantitative estimate of drug-likeness (QED) is 0.400. The van der Waals surface area contributed by atoms with Gasteiger partial charge in [-0.3, -0.25) is 4.79 Å². The molecule has 9 heteroatoms. The Balaban J connectivity index is 1.91. The summed E-state index contributed by atoms with van der Waals surface area (Å²) in [6.07, 6.45) is 0.830. The molecule has 0 saturated carbocycles. The molecule has 0 unspecified atom stereocenters. The molecule has 3 rings (SSSR count). The van der Waals surface area contributed by atoms with E-state index in [1.54, 1.807) is 18.2 Å². The molecule has 1 heterocycles. The molecule has 0 spiro atoms. The van der Waals surface area contributed by atoms with Gasteiger partial charge < -0.3 is 10.2 Å². The van der Waals surface area contributed by atoms with Crippen molar-refractivity contribution in [3.63, 3.8) is 0 Å². The monoisotopic (exact) mass is 387 g/mol. The van der Waals surface area contributed by atoms with E-state index in [1.165, 1.54) is 0 Å². The Morgan fingerprint density at radius 1 is 1.19 bits per heavy atom. The number of carbonyl (C=O) groups is 1. The van der Waals surface area contributed by atoms with Crippen LogP contribution in [0.15, 0.2) is 57.9 Å². The van der Waals surface area contributed by atoms with Crippen molar-refractivity contribution in [3.05, 3.63) is 59.9 Å². The number of fused-ring (bicyclic) bond motifs is 1. The number of carbonyl (C=O) groups excluding carboxylic acids is 1. The summed E-state index contributed by atoms with van der Waals surface area (Å²) in [6, 6.07) is 14.4. The Morgan fingerprint density at radius 3 is 2.67 bits per heavy atom. The van der Waals surface area contributed by atoms with E-state index in [0.29, 0.717) is 0 Å². The maximum atomic E-state index is 12.3. The molecule has 3 aromatic rings. The van der Waals surface area contributed by atoms with E-state index in [1.807, 2.05) is 42.7 Å². The van der Waals surface area contributed by atoms with Crippen molar-refractivity contribution in [3.8, 4) is 11.1 Å². The summed E-state index contributed by atoms with van der Waals surface area (Å²) >= 11 is 0. The highest BCUT2D eigenvalue weighted by Crippen LogP contribution is 2.34. The number of guanidine groups is 1. The third kappa shape index (κ3) is 4.33. The highest BCUT2D eigenvalue weighted by atomic mass is 32.2. The van der Waals surface area contributed by atoms with Crippen LogP contribution in [0.5, 0.6) is 0 Å². The molecule has 3 N–H and O–H groups in total. The second-order valence-electron chi connectivity index (χ2n) is 5.80. The molecule has 2 aromatic carbocycles.